The van der Waals surface area contributed by atoms with Gasteiger partial charge < -0.3 is 4.90 Å². The predicted octanol–water partition coefficient (Wildman–Crippen LogP) is 0.974. The highest BCUT2D eigenvalue weighted by Crippen LogP contribution is 2.36. The first-order valence-corrected chi connectivity index (χ1v) is 9.02. The Kier molecular flexibility index (Phi) is 4.59. The first kappa shape index (κ1) is 16.5. The fourth-order valence-corrected chi connectivity index (χ4v) is 4.05. The maximum atomic E-state index is 12.3. The lowest BCUT2D eigenvalue weighted by Gasteiger charge is -2.25. The van der Waals surface area contributed by atoms with Crippen molar-refractivity contribution in [2.75, 3.05) is 13.6 Å². The van der Waals surface area contributed by atoms with Crippen molar-refractivity contribution in [1.29, 1.82) is 0 Å². The molecule has 0 aromatic carbocycles. The number of rotatable bonds is 5. The van der Waals surface area contributed by atoms with Crippen LogP contribution in [0.15, 0.2) is 53.9 Å². The zero-order valence-electron chi connectivity index (χ0n) is 13.2. The van der Waals surface area contributed by atoms with Gasteiger partial charge in [0.05, 0.1) is 6.04 Å². The maximum absolute atomic E-state index is 12.3. The van der Waals surface area contributed by atoms with Gasteiger partial charge in [-0.3, -0.25) is 14.8 Å². The highest BCUT2D eigenvalue weighted by atomic mass is 32.2. The van der Waals surface area contributed by atoms with Gasteiger partial charge in [0.25, 0.3) is 0 Å². The zero-order chi connectivity index (χ0) is 17.2. The van der Waals surface area contributed by atoms with Crippen LogP contribution in [0.25, 0.3) is 0 Å². The van der Waals surface area contributed by atoms with Crippen molar-refractivity contribution < 1.29 is 13.2 Å². The molecule has 2 aromatic rings. The van der Waals surface area contributed by atoms with Gasteiger partial charge in [0.1, 0.15) is 4.90 Å². The number of hydrogen-bond acceptors (Lipinski definition) is 5. The molecule has 2 aromatic heterocycles. The van der Waals surface area contributed by atoms with Crippen LogP contribution in [0.2, 0.25) is 0 Å². The van der Waals surface area contributed by atoms with E-state index in [0.717, 1.165) is 5.56 Å². The Bertz CT molecular complexity index is 812. The molecule has 3 heterocycles. The minimum absolute atomic E-state index is 0.00516. The Labute approximate surface area is 140 Å². The van der Waals surface area contributed by atoms with Gasteiger partial charge >= 0.3 is 0 Å². The fourth-order valence-electron chi connectivity index (χ4n) is 2.99. The Hall–Kier alpha value is -2.32. The van der Waals surface area contributed by atoms with Crippen LogP contribution in [0.1, 0.15) is 18.0 Å². The Morgan fingerprint density at radius 3 is 2.54 bits per heavy atom. The zero-order valence-corrected chi connectivity index (χ0v) is 14.0. The van der Waals surface area contributed by atoms with E-state index in [0.29, 0.717) is 6.42 Å². The van der Waals surface area contributed by atoms with Gasteiger partial charge in [-0.15, -0.1) is 0 Å². The van der Waals surface area contributed by atoms with Gasteiger partial charge in [-0.2, -0.15) is 0 Å². The summed E-state index contributed by atoms with van der Waals surface area (Å²) in [5, 5.41) is 0. The average molecular weight is 346 g/mol. The van der Waals surface area contributed by atoms with E-state index in [2.05, 4.69) is 14.7 Å². The minimum atomic E-state index is -3.65. The first-order chi connectivity index (χ1) is 11.5. The van der Waals surface area contributed by atoms with Gasteiger partial charge in [0, 0.05) is 50.7 Å². The number of nitrogens with zero attached hydrogens (tertiary/aromatic N) is 3. The topological polar surface area (TPSA) is 92.3 Å². The van der Waals surface area contributed by atoms with Gasteiger partial charge in [-0.25, -0.2) is 13.1 Å². The number of hydrogen-bond donors (Lipinski definition) is 1. The third-order valence-electron chi connectivity index (χ3n) is 4.20. The van der Waals surface area contributed by atoms with E-state index in [4.69, 9.17) is 0 Å². The second-order valence-electron chi connectivity index (χ2n) is 5.74. The second kappa shape index (κ2) is 6.66. The summed E-state index contributed by atoms with van der Waals surface area (Å²) in [6.45, 7) is 0.173. The molecule has 24 heavy (non-hydrogen) atoms. The summed E-state index contributed by atoms with van der Waals surface area (Å²) in [5.41, 5.74) is 0.899. The molecule has 1 N–H and O–H groups in total. The van der Waals surface area contributed by atoms with Crippen LogP contribution in [0, 0.1) is 5.92 Å². The predicted molar refractivity (Wildman–Crippen MR) is 87.3 cm³/mol. The van der Waals surface area contributed by atoms with Crippen molar-refractivity contribution in [2.45, 2.75) is 17.4 Å². The standard InChI is InChI=1S/C16H18N4O3S/c1-20-15(21)8-13(16(20)12-4-2-6-17-9-12)10-19-24(22,23)14-5-3-7-18-11-14/h2-7,9,11,13,16,19H,8,10H2,1H3/t13-,16-/m0/s1. The largest absolute Gasteiger partial charge is 0.338 e. The molecule has 1 amide bonds. The number of likely N-dealkylation sites (tertiary alicyclic amines) is 1. The summed E-state index contributed by atoms with van der Waals surface area (Å²) in [6.07, 6.45) is 6.49. The SMILES string of the molecule is CN1C(=O)C[C@@H](CNS(=O)(=O)c2cccnc2)[C@@H]1c1cccnc1. The fraction of sp³-hybridized carbons (Fsp3) is 0.312. The Balaban J connectivity index is 1.77. The minimum Gasteiger partial charge on any atom is -0.338 e. The molecule has 1 aliphatic heterocycles. The molecule has 0 radical (unpaired) electrons. The number of amides is 1. The molecule has 0 saturated carbocycles. The summed E-state index contributed by atoms with van der Waals surface area (Å²) in [4.78, 5) is 21.8. The van der Waals surface area contributed by atoms with Crippen molar-refractivity contribution in [2.24, 2.45) is 5.92 Å². The third-order valence-corrected chi connectivity index (χ3v) is 5.61. The van der Waals surface area contributed by atoms with Crippen molar-refractivity contribution in [3.05, 3.63) is 54.6 Å². The van der Waals surface area contributed by atoms with Crippen molar-refractivity contribution in [3.63, 3.8) is 0 Å². The van der Waals surface area contributed by atoms with Crippen LogP contribution in [0.5, 0.6) is 0 Å². The number of aromatic nitrogens is 2. The van der Waals surface area contributed by atoms with Crippen molar-refractivity contribution >= 4 is 15.9 Å². The lowest BCUT2D eigenvalue weighted by atomic mass is 9.95. The van der Waals surface area contributed by atoms with Crippen molar-refractivity contribution in [3.8, 4) is 0 Å². The molecule has 3 rings (SSSR count). The first-order valence-electron chi connectivity index (χ1n) is 7.54. The molecule has 0 bridgehead atoms. The quantitative estimate of drug-likeness (QED) is 0.871. The molecule has 126 valence electrons. The highest BCUT2D eigenvalue weighted by Gasteiger charge is 2.39. The van der Waals surface area contributed by atoms with E-state index >= 15 is 0 Å². The number of carbonyl (C=O) groups is 1. The van der Waals surface area contributed by atoms with Crippen molar-refractivity contribution in [1.82, 2.24) is 19.6 Å². The summed E-state index contributed by atoms with van der Waals surface area (Å²) in [7, 11) is -1.91. The van der Waals surface area contributed by atoms with Crippen LogP contribution in [0.4, 0.5) is 0 Å². The summed E-state index contributed by atoms with van der Waals surface area (Å²) >= 11 is 0. The van der Waals surface area contributed by atoms with Gasteiger partial charge in [-0.05, 0) is 23.8 Å². The average Bonchev–Trinajstić information content (AvgIpc) is 2.89. The molecular weight excluding hydrogens is 328 g/mol. The van der Waals surface area contributed by atoms with E-state index in [1.807, 2.05) is 12.1 Å². The van der Waals surface area contributed by atoms with Crippen LogP contribution < -0.4 is 4.72 Å². The Morgan fingerprint density at radius 1 is 1.21 bits per heavy atom. The molecule has 8 heteroatoms. The van der Waals surface area contributed by atoms with Crippen LogP contribution in [-0.4, -0.2) is 42.8 Å². The Morgan fingerprint density at radius 2 is 1.92 bits per heavy atom. The lowest BCUT2D eigenvalue weighted by molar-refractivity contribution is -0.127. The summed E-state index contributed by atoms with van der Waals surface area (Å²) in [5.74, 6) is -0.160. The van der Waals surface area contributed by atoms with E-state index in [1.54, 1.807) is 30.4 Å². The summed E-state index contributed by atoms with van der Waals surface area (Å²) < 4.78 is 27.3. The van der Waals surface area contributed by atoms with E-state index in [-0.39, 0.29) is 29.3 Å². The molecule has 0 spiro atoms. The maximum Gasteiger partial charge on any atom is 0.242 e. The molecule has 1 fully saturated rings. The van der Waals surface area contributed by atoms with Gasteiger partial charge in [0.15, 0.2) is 0 Å². The number of sulfonamides is 1. The monoisotopic (exact) mass is 346 g/mol. The van der Waals surface area contributed by atoms with Gasteiger partial charge in [-0.1, -0.05) is 6.07 Å². The smallest absolute Gasteiger partial charge is 0.242 e. The summed E-state index contributed by atoms with van der Waals surface area (Å²) in [6, 6.07) is 6.57. The normalized spacial score (nSPS) is 21.2. The van der Waals surface area contributed by atoms with Crippen LogP contribution in [-0.2, 0) is 14.8 Å². The number of pyridine rings is 2. The lowest BCUT2D eigenvalue weighted by Crippen LogP contribution is -2.32. The van der Waals surface area contributed by atoms with E-state index in [1.165, 1.54) is 18.5 Å². The number of nitrogens with one attached hydrogen (secondary N) is 1. The van der Waals surface area contributed by atoms with E-state index in [9.17, 15) is 13.2 Å². The second-order valence-corrected chi connectivity index (χ2v) is 7.51. The molecule has 1 saturated heterocycles. The van der Waals surface area contributed by atoms with E-state index < -0.39 is 10.0 Å². The third kappa shape index (κ3) is 3.29. The molecule has 0 unspecified atom stereocenters. The number of carbonyl (C=O) groups excluding carboxylic acids is 1. The molecule has 7 nitrogen and oxygen atoms in total. The highest BCUT2D eigenvalue weighted by molar-refractivity contribution is 7.89. The molecule has 0 aliphatic carbocycles. The molecular formula is C16H18N4O3S. The molecule has 2 atom stereocenters. The molecule has 1 aliphatic rings. The van der Waals surface area contributed by atoms with Gasteiger partial charge in [0.2, 0.25) is 15.9 Å². The van der Waals surface area contributed by atoms with Crippen LogP contribution >= 0.6 is 0 Å². The van der Waals surface area contributed by atoms with Crippen LogP contribution in [0.3, 0.4) is 0 Å².